The van der Waals surface area contributed by atoms with Crippen LogP contribution in [-0.4, -0.2) is 12.5 Å². The molecule has 0 aliphatic carbocycles. The molecule has 2 rings (SSSR count). The van der Waals surface area contributed by atoms with Crippen LogP contribution in [-0.2, 0) is 0 Å². The summed E-state index contributed by atoms with van der Waals surface area (Å²) in [6, 6.07) is 11.1. The van der Waals surface area contributed by atoms with Crippen molar-refractivity contribution < 1.29 is 4.79 Å². The fourth-order valence-electron chi connectivity index (χ4n) is 1.64. The van der Waals surface area contributed by atoms with Gasteiger partial charge in [0.1, 0.15) is 0 Å². The number of benzene rings is 1. The Kier molecular flexibility index (Phi) is 5.24. The number of carbonyl (C=O) groups is 1. The van der Waals surface area contributed by atoms with Gasteiger partial charge < -0.3 is 5.32 Å². The van der Waals surface area contributed by atoms with Gasteiger partial charge in [-0.25, -0.2) is 0 Å². The van der Waals surface area contributed by atoms with Gasteiger partial charge in [0.15, 0.2) is 0 Å². The van der Waals surface area contributed by atoms with Gasteiger partial charge in [-0.1, -0.05) is 29.3 Å². The van der Waals surface area contributed by atoms with E-state index in [0.29, 0.717) is 21.5 Å². The molecule has 108 valence electrons. The minimum Gasteiger partial charge on any atom is -0.350 e. The van der Waals surface area contributed by atoms with Crippen molar-refractivity contribution in [1.82, 2.24) is 5.32 Å². The minimum absolute atomic E-state index is 0.173. The molecular formula is C15H12Cl2N2OS. The predicted octanol–water partition coefficient (Wildman–Crippen LogP) is 4.61. The van der Waals surface area contributed by atoms with E-state index in [-0.39, 0.29) is 11.8 Å². The number of carbonyl (C=O) groups excluding carboxylic acids is 1. The van der Waals surface area contributed by atoms with Gasteiger partial charge in [-0.2, -0.15) is 5.26 Å². The number of amides is 1. The summed E-state index contributed by atoms with van der Waals surface area (Å²) in [5.74, 6) is -0.378. The van der Waals surface area contributed by atoms with Crippen molar-refractivity contribution in [3.63, 3.8) is 0 Å². The number of rotatable bonds is 4. The van der Waals surface area contributed by atoms with E-state index in [9.17, 15) is 4.79 Å². The predicted molar refractivity (Wildman–Crippen MR) is 86.9 cm³/mol. The molecule has 1 aromatic heterocycles. The molecule has 0 saturated carbocycles. The smallest absolute Gasteiger partial charge is 0.261 e. The number of thiophene rings is 1. The van der Waals surface area contributed by atoms with Crippen LogP contribution in [0.4, 0.5) is 0 Å². The third-order valence-electron chi connectivity index (χ3n) is 2.82. The van der Waals surface area contributed by atoms with E-state index >= 15 is 0 Å². The topological polar surface area (TPSA) is 52.9 Å². The zero-order valence-corrected chi connectivity index (χ0v) is 13.5. The van der Waals surface area contributed by atoms with Crippen molar-refractivity contribution in [3.05, 3.63) is 45.3 Å². The van der Waals surface area contributed by atoms with Crippen LogP contribution < -0.4 is 5.32 Å². The quantitative estimate of drug-likeness (QED) is 0.884. The van der Waals surface area contributed by atoms with Gasteiger partial charge >= 0.3 is 0 Å². The highest BCUT2D eigenvalue weighted by molar-refractivity contribution is 7.17. The molecule has 0 fully saturated rings. The maximum Gasteiger partial charge on any atom is 0.261 e. The molecule has 1 unspecified atom stereocenters. The number of hydrogen-bond donors (Lipinski definition) is 1. The van der Waals surface area contributed by atoms with Gasteiger partial charge in [0.2, 0.25) is 0 Å². The zero-order chi connectivity index (χ0) is 15.4. The standard InChI is InChI=1S/C15H12Cl2N2OS/c1-9(7-18)8-19-15(20)14-5-4-13(21-14)10-2-3-11(16)12(17)6-10/h2-6,9H,8H2,1H3,(H,19,20). The number of nitriles is 1. The van der Waals surface area contributed by atoms with Crippen LogP contribution >= 0.6 is 34.5 Å². The molecule has 0 aliphatic heterocycles. The summed E-state index contributed by atoms with van der Waals surface area (Å²) in [5.41, 5.74) is 0.916. The highest BCUT2D eigenvalue weighted by atomic mass is 35.5. The van der Waals surface area contributed by atoms with E-state index in [1.807, 2.05) is 12.1 Å². The molecule has 0 saturated heterocycles. The van der Waals surface area contributed by atoms with Crippen LogP contribution in [0.15, 0.2) is 30.3 Å². The second-order valence-electron chi connectivity index (χ2n) is 4.53. The maximum absolute atomic E-state index is 12.0. The average molecular weight is 339 g/mol. The molecule has 0 radical (unpaired) electrons. The Morgan fingerprint density at radius 2 is 2.10 bits per heavy atom. The van der Waals surface area contributed by atoms with Gasteiger partial charge in [0, 0.05) is 11.4 Å². The van der Waals surface area contributed by atoms with E-state index in [1.165, 1.54) is 11.3 Å². The normalized spacial score (nSPS) is 11.7. The lowest BCUT2D eigenvalue weighted by Gasteiger charge is -2.04. The van der Waals surface area contributed by atoms with Crippen LogP contribution in [0.5, 0.6) is 0 Å². The van der Waals surface area contributed by atoms with E-state index in [0.717, 1.165) is 10.4 Å². The number of nitrogens with one attached hydrogen (secondary N) is 1. The molecule has 0 aliphatic rings. The lowest BCUT2D eigenvalue weighted by atomic mass is 10.2. The summed E-state index contributed by atoms with van der Waals surface area (Å²) in [5, 5.41) is 12.4. The van der Waals surface area contributed by atoms with E-state index in [2.05, 4.69) is 11.4 Å². The monoisotopic (exact) mass is 338 g/mol. The molecule has 3 nitrogen and oxygen atoms in total. The summed E-state index contributed by atoms with van der Waals surface area (Å²) in [7, 11) is 0. The SMILES string of the molecule is CC(C#N)CNC(=O)c1ccc(-c2ccc(Cl)c(Cl)c2)s1. The zero-order valence-electron chi connectivity index (χ0n) is 11.2. The molecule has 1 heterocycles. The van der Waals surface area contributed by atoms with Gasteiger partial charge in [-0.05, 0) is 36.8 Å². The highest BCUT2D eigenvalue weighted by Gasteiger charge is 2.12. The maximum atomic E-state index is 12.0. The van der Waals surface area contributed by atoms with E-state index in [4.69, 9.17) is 28.5 Å². The van der Waals surface area contributed by atoms with Crippen molar-refractivity contribution in [2.45, 2.75) is 6.92 Å². The van der Waals surface area contributed by atoms with Crippen LogP contribution in [0.2, 0.25) is 10.0 Å². The van der Waals surface area contributed by atoms with Gasteiger partial charge in [0.25, 0.3) is 5.91 Å². The third kappa shape index (κ3) is 3.98. The Hall–Kier alpha value is -1.54. The molecule has 1 N–H and O–H groups in total. The lowest BCUT2D eigenvalue weighted by molar-refractivity contribution is 0.0955. The largest absolute Gasteiger partial charge is 0.350 e. The van der Waals surface area contributed by atoms with Crippen molar-refractivity contribution in [3.8, 4) is 16.5 Å². The van der Waals surface area contributed by atoms with Crippen molar-refractivity contribution in [2.75, 3.05) is 6.54 Å². The highest BCUT2D eigenvalue weighted by Crippen LogP contribution is 2.32. The Morgan fingerprint density at radius 1 is 1.33 bits per heavy atom. The Morgan fingerprint density at radius 3 is 2.76 bits per heavy atom. The number of halogens is 2. The first kappa shape index (κ1) is 15.8. The summed E-state index contributed by atoms with van der Waals surface area (Å²) in [6.45, 7) is 2.10. The number of hydrogen-bond acceptors (Lipinski definition) is 3. The summed E-state index contributed by atoms with van der Waals surface area (Å²) >= 11 is 13.3. The number of nitrogens with zero attached hydrogens (tertiary/aromatic N) is 1. The van der Waals surface area contributed by atoms with Crippen LogP contribution in [0.3, 0.4) is 0 Å². The second-order valence-corrected chi connectivity index (χ2v) is 6.43. The fraction of sp³-hybridized carbons (Fsp3) is 0.200. The molecule has 0 bridgehead atoms. The molecule has 21 heavy (non-hydrogen) atoms. The van der Waals surface area contributed by atoms with Crippen molar-refractivity contribution >= 4 is 40.4 Å². The van der Waals surface area contributed by atoms with Gasteiger partial charge in [0.05, 0.1) is 26.9 Å². The van der Waals surface area contributed by atoms with E-state index < -0.39 is 0 Å². The fourth-order valence-corrected chi connectivity index (χ4v) is 2.86. The Bertz CT molecular complexity index is 706. The third-order valence-corrected chi connectivity index (χ3v) is 4.70. The van der Waals surface area contributed by atoms with Crippen LogP contribution in [0.25, 0.3) is 10.4 Å². The van der Waals surface area contributed by atoms with Gasteiger partial charge in [-0.3, -0.25) is 4.79 Å². The van der Waals surface area contributed by atoms with E-state index in [1.54, 1.807) is 25.1 Å². The lowest BCUT2D eigenvalue weighted by Crippen LogP contribution is -2.26. The average Bonchev–Trinajstić information content (AvgIpc) is 2.97. The first-order valence-corrected chi connectivity index (χ1v) is 7.81. The summed E-state index contributed by atoms with van der Waals surface area (Å²) in [6.07, 6.45) is 0. The minimum atomic E-state index is -0.205. The Labute approximate surface area is 137 Å². The summed E-state index contributed by atoms with van der Waals surface area (Å²) < 4.78 is 0. The Balaban J connectivity index is 2.12. The molecule has 6 heteroatoms. The molecule has 0 spiro atoms. The molecule has 1 aromatic carbocycles. The van der Waals surface area contributed by atoms with Crippen molar-refractivity contribution in [2.24, 2.45) is 5.92 Å². The van der Waals surface area contributed by atoms with Crippen molar-refractivity contribution in [1.29, 1.82) is 5.26 Å². The molecule has 1 atom stereocenters. The van der Waals surface area contributed by atoms with Gasteiger partial charge in [-0.15, -0.1) is 11.3 Å². The molecule has 2 aromatic rings. The van der Waals surface area contributed by atoms with Crippen LogP contribution in [0, 0.1) is 17.2 Å². The van der Waals surface area contributed by atoms with Crippen LogP contribution in [0.1, 0.15) is 16.6 Å². The first-order valence-electron chi connectivity index (χ1n) is 6.24. The summed E-state index contributed by atoms with van der Waals surface area (Å²) in [4.78, 5) is 13.5. The molecule has 1 amide bonds. The molecular weight excluding hydrogens is 327 g/mol. The second kappa shape index (κ2) is 6.95. The first-order chi connectivity index (χ1) is 10.0.